The highest BCUT2D eigenvalue weighted by atomic mass is 15.1. The fourth-order valence-electron chi connectivity index (χ4n) is 5.99. The Hall–Kier alpha value is -5.41. The molecule has 0 saturated carbocycles. The standard InChI is InChI=1S/C37H25N3/c1-5-15-26(16-6-1)31-25-33-35(38-37(27-17-7-2-8-18-27)40(33)29-21-11-4-12-22-29)34-30-23-13-14-24-32(30)39(36(31)34)28-19-9-3-10-20-28/h1-25H. The van der Waals surface area contributed by atoms with Gasteiger partial charge < -0.3 is 4.57 Å². The van der Waals surface area contributed by atoms with Crippen molar-refractivity contribution in [3.63, 3.8) is 0 Å². The van der Waals surface area contributed by atoms with Gasteiger partial charge in [-0.3, -0.25) is 4.57 Å². The summed E-state index contributed by atoms with van der Waals surface area (Å²) in [5.74, 6) is 0.935. The van der Waals surface area contributed by atoms with E-state index in [1.807, 2.05) is 0 Å². The van der Waals surface area contributed by atoms with Crippen LogP contribution in [0.1, 0.15) is 0 Å². The van der Waals surface area contributed by atoms with E-state index >= 15 is 0 Å². The van der Waals surface area contributed by atoms with Gasteiger partial charge in [-0.05, 0) is 42.0 Å². The lowest BCUT2D eigenvalue weighted by molar-refractivity contribution is 1.10. The molecule has 40 heavy (non-hydrogen) atoms. The molecule has 3 nitrogen and oxygen atoms in total. The normalized spacial score (nSPS) is 11.5. The van der Waals surface area contributed by atoms with Crippen molar-refractivity contribution in [2.45, 2.75) is 0 Å². The molecule has 6 aromatic carbocycles. The highest BCUT2D eigenvalue weighted by Crippen LogP contribution is 2.44. The Kier molecular flexibility index (Phi) is 5.14. The van der Waals surface area contributed by atoms with Crippen LogP contribution < -0.4 is 0 Å². The summed E-state index contributed by atoms with van der Waals surface area (Å²) in [6, 6.07) is 53.5. The molecule has 0 N–H and O–H groups in total. The van der Waals surface area contributed by atoms with Gasteiger partial charge in [-0.15, -0.1) is 0 Å². The number of fused-ring (bicyclic) bond motifs is 5. The van der Waals surface area contributed by atoms with Crippen LogP contribution in [0.5, 0.6) is 0 Å². The van der Waals surface area contributed by atoms with E-state index < -0.39 is 0 Å². The van der Waals surface area contributed by atoms with Crippen LogP contribution in [0.25, 0.3) is 66.7 Å². The van der Waals surface area contributed by atoms with Crippen LogP contribution in [-0.2, 0) is 0 Å². The SMILES string of the molecule is c1ccc(-c2cc3c(nc(-c4ccccc4)n3-c3ccccc3)c3c4ccccc4n(-c4ccccc4)c23)cc1. The van der Waals surface area contributed by atoms with Crippen molar-refractivity contribution in [1.82, 2.24) is 14.1 Å². The summed E-state index contributed by atoms with van der Waals surface area (Å²) in [6.07, 6.45) is 0. The van der Waals surface area contributed by atoms with E-state index in [1.165, 1.54) is 32.9 Å². The molecule has 0 aliphatic carbocycles. The van der Waals surface area contributed by atoms with Gasteiger partial charge in [0.2, 0.25) is 0 Å². The molecule has 2 heterocycles. The van der Waals surface area contributed by atoms with Crippen molar-refractivity contribution in [2.24, 2.45) is 0 Å². The number of para-hydroxylation sites is 3. The van der Waals surface area contributed by atoms with Crippen LogP contribution in [-0.4, -0.2) is 14.1 Å². The van der Waals surface area contributed by atoms with Gasteiger partial charge in [0.25, 0.3) is 0 Å². The molecule has 0 bridgehead atoms. The predicted octanol–water partition coefficient (Wildman–Crippen LogP) is 9.46. The van der Waals surface area contributed by atoms with Crippen LogP contribution in [0.4, 0.5) is 0 Å². The smallest absolute Gasteiger partial charge is 0.145 e. The van der Waals surface area contributed by atoms with Gasteiger partial charge in [0.1, 0.15) is 5.82 Å². The molecule has 3 heteroatoms. The number of benzene rings is 6. The van der Waals surface area contributed by atoms with E-state index in [-0.39, 0.29) is 0 Å². The summed E-state index contributed by atoms with van der Waals surface area (Å²) < 4.78 is 4.71. The van der Waals surface area contributed by atoms with Crippen molar-refractivity contribution in [2.75, 3.05) is 0 Å². The van der Waals surface area contributed by atoms with E-state index in [9.17, 15) is 0 Å². The third kappa shape index (κ3) is 3.41. The largest absolute Gasteiger partial charge is 0.309 e. The second-order valence-corrected chi connectivity index (χ2v) is 10.0. The zero-order chi connectivity index (χ0) is 26.5. The first kappa shape index (κ1) is 22.6. The maximum absolute atomic E-state index is 5.43. The molecule has 0 unspecified atom stereocenters. The molecule has 0 spiro atoms. The fraction of sp³-hybridized carbons (Fsp3) is 0. The number of aromatic nitrogens is 3. The van der Waals surface area contributed by atoms with Gasteiger partial charge in [-0.2, -0.15) is 0 Å². The number of hydrogen-bond donors (Lipinski definition) is 0. The lowest BCUT2D eigenvalue weighted by atomic mass is 10.0. The summed E-state index contributed by atoms with van der Waals surface area (Å²) in [6.45, 7) is 0. The topological polar surface area (TPSA) is 22.8 Å². The maximum atomic E-state index is 5.43. The highest BCUT2D eigenvalue weighted by Gasteiger charge is 2.24. The van der Waals surface area contributed by atoms with Gasteiger partial charge in [0, 0.05) is 33.3 Å². The van der Waals surface area contributed by atoms with Crippen LogP contribution in [0.3, 0.4) is 0 Å². The molecule has 0 fully saturated rings. The first-order valence-corrected chi connectivity index (χ1v) is 13.6. The molecule has 188 valence electrons. The van der Waals surface area contributed by atoms with Crippen LogP contribution in [0.2, 0.25) is 0 Å². The second-order valence-electron chi connectivity index (χ2n) is 10.0. The summed E-state index contributed by atoms with van der Waals surface area (Å²) in [7, 11) is 0. The van der Waals surface area contributed by atoms with E-state index in [4.69, 9.17) is 4.98 Å². The minimum Gasteiger partial charge on any atom is -0.309 e. The molecule has 2 aromatic heterocycles. The summed E-state index contributed by atoms with van der Waals surface area (Å²) in [5.41, 5.74) is 10.1. The van der Waals surface area contributed by atoms with E-state index in [0.29, 0.717) is 0 Å². The third-order valence-corrected chi connectivity index (χ3v) is 7.71. The molecular formula is C37H25N3. The van der Waals surface area contributed by atoms with Crippen molar-refractivity contribution in [1.29, 1.82) is 0 Å². The Morgan fingerprint density at radius 1 is 0.450 bits per heavy atom. The van der Waals surface area contributed by atoms with Crippen LogP contribution in [0.15, 0.2) is 152 Å². The Bertz CT molecular complexity index is 2120. The minimum atomic E-state index is 0.935. The zero-order valence-corrected chi connectivity index (χ0v) is 21.8. The lowest BCUT2D eigenvalue weighted by Gasteiger charge is -2.14. The average molecular weight is 512 g/mol. The van der Waals surface area contributed by atoms with Gasteiger partial charge in [-0.25, -0.2) is 4.98 Å². The van der Waals surface area contributed by atoms with Crippen LogP contribution in [0, 0.1) is 0 Å². The summed E-state index contributed by atoms with van der Waals surface area (Å²) in [4.78, 5) is 5.43. The number of rotatable bonds is 4. The maximum Gasteiger partial charge on any atom is 0.145 e. The number of nitrogens with zero attached hydrogens (tertiary/aromatic N) is 3. The Morgan fingerprint density at radius 2 is 0.975 bits per heavy atom. The molecule has 8 aromatic rings. The van der Waals surface area contributed by atoms with Gasteiger partial charge in [-0.1, -0.05) is 115 Å². The first-order valence-electron chi connectivity index (χ1n) is 13.6. The predicted molar refractivity (Wildman–Crippen MR) is 166 cm³/mol. The Balaban J connectivity index is 1.63. The van der Waals surface area contributed by atoms with Gasteiger partial charge in [0.15, 0.2) is 0 Å². The molecule has 0 aliphatic rings. The van der Waals surface area contributed by atoms with Crippen molar-refractivity contribution >= 4 is 32.8 Å². The van der Waals surface area contributed by atoms with E-state index in [1.54, 1.807) is 0 Å². The molecule has 0 atom stereocenters. The average Bonchev–Trinajstić information content (AvgIpc) is 3.59. The molecule has 0 radical (unpaired) electrons. The van der Waals surface area contributed by atoms with Gasteiger partial charge >= 0.3 is 0 Å². The van der Waals surface area contributed by atoms with Crippen molar-refractivity contribution in [3.8, 4) is 33.9 Å². The third-order valence-electron chi connectivity index (χ3n) is 7.71. The van der Waals surface area contributed by atoms with E-state index in [2.05, 4.69) is 161 Å². The fourth-order valence-corrected chi connectivity index (χ4v) is 5.99. The second kappa shape index (κ2) is 9.11. The van der Waals surface area contributed by atoms with Crippen LogP contribution >= 0.6 is 0 Å². The first-order chi connectivity index (χ1) is 19.9. The zero-order valence-electron chi connectivity index (χ0n) is 21.8. The molecule has 0 aliphatic heterocycles. The molecule has 0 saturated heterocycles. The monoisotopic (exact) mass is 511 g/mol. The molecular weight excluding hydrogens is 486 g/mol. The van der Waals surface area contributed by atoms with E-state index in [0.717, 1.165) is 33.8 Å². The summed E-state index contributed by atoms with van der Waals surface area (Å²) in [5, 5.41) is 2.36. The Morgan fingerprint density at radius 3 is 1.62 bits per heavy atom. The van der Waals surface area contributed by atoms with Gasteiger partial charge in [0.05, 0.1) is 22.1 Å². The minimum absolute atomic E-state index is 0.935. The quantitative estimate of drug-likeness (QED) is 0.231. The lowest BCUT2D eigenvalue weighted by Crippen LogP contribution is -1.98. The molecule has 0 amide bonds. The molecule has 8 rings (SSSR count). The number of hydrogen-bond acceptors (Lipinski definition) is 1. The Labute approximate surface area is 232 Å². The number of imidazole rings is 1. The van der Waals surface area contributed by atoms with Crippen molar-refractivity contribution in [3.05, 3.63) is 152 Å². The highest BCUT2D eigenvalue weighted by molar-refractivity contribution is 6.24. The van der Waals surface area contributed by atoms with Crippen molar-refractivity contribution < 1.29 is 0 Å². The summed E-state index contributed by atoms with van der Waals surface area (Å²) >= 11 is 0.